The van der Waals surface area contributed by atoms with E-state index in [-0.39, 0.29) is 24.8 Å². The van der Waals surface area contributed by atoms with Gasteiger partial charge < -0.3 is 10.1 Å². The number of nitrogens with zero attached hydrogens (tertiary/aromatic N) is 2. The number of rotatable bonds is 5. The van der Waals surface area contributed by atoms with Crippen LogP contribution < -0.4 is 5.32 Å². The van der Waals surface area contributed by atoms with Crippen molar-refractivity contribution >= 4 is 17.1 Å². The fourth-order valence-electron chi connectivity index (χ4n) is 2.27. The molecule has 0 aliphatic carbocycles. The van der Waals surface area contributed by atoms with Crippen molar-refractivity contribution in [2.45, 2.75) is 25.1 Å². The lowest BCUT2D eigenvalue weighted by atomic mass is 10.1. The molecule has 23 heavy (non-hydrogen) atoms. The Morgan fingerprint density at radius 3 is 2.17 bits per heavy atom. The normalized spacial score (nSPS) is 18.0. The molecule has 0 amide bonds. The van der Waals surface area contributed by atoms with Gasteiger partial charge in [-0.05, 0) is 12.8 Å². The van der Waals surface area contributed by atoms with E-state index in [2.05, 4.69) is 5.32 Å². The Hall–Kier alpha value is -2.43. The van der Waals surface area contributed by atoms with Crippen LogP contribution in [0.5, 0.6) is 0 Å². The number of ether oxygens (including phenoxy) is 1. The first-order valence-corrected chi connectivity index (χ1v) is 6.59. The van der Waals surface area contributed by atoms with Gasteiger partial charge in [-0.1, -0.05) is 0 Å². The van der Waals surface area contributed by atoms with Gasteiger partial charge in [-0.2, -0.15) is 13.2 Å². The van der Waals surface area contributed by atoms with Crippen molar-refractivity contribution in [2.24, 2.45) is 0 Å². The number of alkyl halides is 3. The molecule has 1 heterocycles. The molecule has 11 heteroatoms. The molecule has 1 saturated heterocycles. The average molecular weight is 335 g/mol. The number of hydrogen-bond acceptors (Lipinski definition) is 6. The number of halogens is 3. The van der Waals surface area contributed by atoms with Crippen molar-refractivity contribution in [3.8, 4) is 0 Å². The maximum absolute atomic E-state index is 12.8. The second-order valence-electron chi connectivity index (χ2n) is 4.92. The van der Waals surface area contributed by atoms with Gasteiger partial charge in [0.05, 0.1) is 21.5 Å². The largest absolute Gasteiger partial charge is 0.416 e. The van der Waals surface area contributed by atoms with E-state index >= 15 is 0 Å². The van der Waals surface area contributed by atoms with Crippen molar-refractivity contribution < 1.29 is 27.8 Å². The second kappa shape index (κ2) is 6.36. The summed E-state index contributed by atoms with van der Waals surface area (Å²) in [5, 5.41) is 24.5. The molecule has 1 fully saturated rings. The van der Waals surface area contributed by atoms with Crippen molar-refractivity contribution in [2.75, 3.05) is 18.5 Å². The molecule has 0 saturated carbocycles. The predicted octanol–water partition coefficient (Wildman–Crippen LogP) is 3.11. The Morgan fingerprint density at radius 1 is 1.22 bits per heavy atom. The van der Waals surface area contributed by atoms with Gasteiger partial charge in [-0.25, -0.2) is 0 Å². The minimum Gasteiger partial charge on any atom is -0.376 e. The molecule has 0 bridgehead atoms. The Kier molecular flexibility index (Phi) is 4.68. The van der Waals surface area contributed by atoms with Crippen LogP contribution in [-0.2, 0) is 10.9 Å². The van der Waals surface area contributed by atoms with Crippen LogP contribution in [0.1, 0.15) is 18.4 Å². The molecule has 2 rings (SSSR count). The first-order valence-electron chi connectivity index (χ1n) is 6.59. The highest BCUT2D eigenvalue weighted by Crippen LogP contribution is 2.41. The van der Waals surface area contributed by atoms with Crippen molar-refractivity contribution in [1.82, 2.24) is 0 Å². The molecule has 1 aliphatic heterocycles. The predicted molar refractivity (Wildman–Crippen MR) is 72.2 cm³/mol. The fourth-order valence-corrected chi connectivity index (χ4v) is 2.27. The van der Waals surface area contributed by atoms with Crippen LogP contribution in [0.2, 0.25) is 0 Å². The zero-order chi connectivity index (χ0) is 17.2. The zero-order valence-electron chi connectivity index (χ0n) is 11.6. The summed E-state index contributed by atoms with van der Waals surface area (Å²) in [6.07, 6.45) is -3.78. The zero-order valence-corrected chi connectivity index (χ0v) is 11.6. The summed E-state index contributed by atoms with van der Waals surface area (Å²) in [7, 11) is 0. The molecule has 1 aromatic rings. The number of nitrogens with one attached hydrogen (secondary N) is 1. The van der Waals surface area contributed by atoms with Crippen LogP contribution in [0, 0.1) is 20.2 Å². The first kappa shape index (κ1) is 16.9. The number of anilines is 1. The van der Waals surface area contributed by atoms with Gasteiger partial charge in [0.25, 0.3) is 11.4 Å². The monoisotopic (exact) mass is 335 g/mol. The van der Waals surface area contributed by atoms with E-state index in [1.165, 1.54) is 0 Å². The molecular weight excluding hydrogens is 323 g/mol. The smallest absolute Gasteiger partial charge is 0.376 e. The van der Waals surface area contributed by atoms with Gasteiger partial charge in [-0.3, -0.25) is 20.2 Å². The lowest BCUT2D eigenvalue weighted by Crippen LogP contribution is -2.20. The molecule has 0 radical (unpaired) electrons. The molecule has 1 atom stereocenters. The van der Waals surface area contributed by atoms with Crippen LogP contribution in [0.3, 0.4) is 0 Å². The van der Waals surface area contributed by atoms with E-state index in [1.807, 2.05) is 0 Å². The number of hydrogen-bond donors (Lipinski definition) is 1. The van der Waals surface area contributed by atoms with E-state index in [1.54, 1.807) is 0 Å². The first-order chi connectivity index (χ1) is 10.7. The van der Waals surface area contributed by atoms with Gasteiger partial charge in [0, 0.05) is 25.3 Å². The molecule has 1 aliphatic rings. The van der Waals surface area contributed by atoms with E-state index in [4.69, 9.17) is 4.74 Å². The van der Waals surface area contributed by atoms with Crippen LogP contribution >= 0.6 is 0 Å². The minimum absolute atomic E-state index is 0.0348. The Morgan fingerprint density at radius 2 is 1.78 bits per heavy atom. The molecule has 0 aromatic heterocycles. The maximum Gasteiger partial charge on any atom is 0.416 e. The third kappa shape index (κ3) is 3.86. The highest BCUT2D eigenvalue weighted by Gasteiger charge is 2.37. The van der Waals surface area contributed by atoms with Crippen molar-refractivity contribution in [1.29, 1.82) is 0 Å². The summed E-state index contributed by atoms with van der Waals surface area (Å²) in [4.78, 5) is 19.9. The highest BCUT2D eigenvalue weighted by molar-refractivity contribution is 5.75. The quantitative estimate of drug-likeness (QED) is 0.654. The average Bonchev–Trinajstić information content (AvgIpc) is 2.96. The summed E-state index contributed by atoms with van der Waals surface area (Å²) in [5.41, 5.74) is -3.99. The molecule has 126 valence electrons. The van der Waals surface area contributed by atoms with Crippen molar-refractivity contribution in [3.05, 3.63) is 37.9 Å². The third-order valence-electron chi connectivity index (χ3n) is 3.35. The summed E-state index contributed by atoms with van der Waals surface area (Å²) in [5.74, 6) is 0. The van der Waals surface area contributed by atoms with Gasteiger partial charge in [0.1, 0.15) is 0 Å². The van der Waals surface area contributed by atoms with Crippen LogP contribution in [-0.4, -0.2) is 29.1 Å². The number of nitro groups is 2. The summed E-state index contributed by atoms with van der Waals surface area (Å²) in [6, 6.07) is 0.565. The SMILES string of the molecule is O=[N+]([O-])c1cc(C(F)(F)F)cc([N+](=O)[O-])c1NCC1CCCO1. The summed E-state index contributed by atoms with van der Waals surface area (Å²) < 4.78 is 43.5. The Balaban J connectivity index is 2.44. The standard InChI is InChI=1S/C12H12F3N3O5/c13-12(14,15)7-4-9(17(19)20)11(10(5-7)18(21)22)16-6-8-2-1-3-23-8/h4-5,8,16H,1-3,6H2. The second-order valence-corrected chi connectivity index (χ2v) is 4.92. The van der Waals surface area contributed by atoms with Crippen LogP contribution in [0.15, 0.2) is 12.1 Å². The summed E-state index contributed by atoms with van der Waals surface area (Å²) in [6.45, 7) is 0.538. The Bertz CT molecular complexity index is 594. The Labute approximate surface area is 127 Å². The highest BCUT2D eigenvalue weighted by atomic mass is 19.4. The molecular formula is C12H12F3N3O5. The van der Waals surface area contributed by atoms with Crippen LogP contribution in [0.4, 0.5) is 30.2 Å². The topological polar surface area (TPSA) is 108 Å². The number of nitro benzene ring substituents is 2. The minimum atomic E-state index is -4.93. The van der Waals surface area contributed by atoms with Crippen molar-refractivity contribution in [3.63, 3.8) is 0 Å². The van der Waals surface area contributed by atoms with Gasteiger partial charge >= 0.3 is 6.18 Å². The van der Waals surface area contributed by atoms with Crippen LogP contribution in [0.25, 0.3) is 0 Å². The lowest BCUT2D eigenvalue weighted by molar-refractivity contribution is -0.392. The lowest BCUT2D eigenvalue weighted by Gasteiger charge is -2.14. The number of benzene rings is 1. The molecule has 1 unspecified atom stereocenters. The molecule has 1 aromatic carbocycles. The van der Waals surface area contributed by atoms with E-state index < -0.39 is 38.6 Å². The molecule has 8 nitrogen and oxygen atoms in total. The maximum atomic E-state index is 12.8. The van der Waals surface area contributed by atoms with Gasteiger partial charge in [0.2, 0.25) is 0 Å². The van der Waals surface area contributed by atoms with E-state index in [0.29, 0.717) is 13.0 Å². The third-order valence-corrected chi connectivity index (χ3v) is 3.35. The molecule has 0 spiro atoms. The summed E-state index contributed by atoms with van der Waals surface area (Å²) >= 11 is 0. The van der Waals surface area contributed by atoms with Gasteiger partial charge in [0.15, 0.2) is 5.69 Å². The van der Waals surface area contributed by atoms with E-state index in [9.17, 15) is 33.4 Å². The molecule has 1 N–H and O–H groups in total. The van der Waals surface area contributed by atoms with E-state index in [0.717, 1.165) is 6.42 Å². The fraction of sp³-hybridized carbons (Fsp3) is 0.500. The van der Waals surface area contributed by atoms with Gasteiger partial charge in [-0.15, -0.1) is 0 Å².